The number of aliphatic hydroxyl groups is 1. The van der Waals surface area contributed by atoms with Crippen LogP contribution in [0, 0.1) is 0 Å². The summed E-state index contributed by atoms with van der Waals surface area (Å²) in [4.78, 5) is 39.8. The average molecular weight is 715 g/mol. The predicted molar refractivity (Wildman–Crippen MR) is 185 cm³/mol. The van der Waals surface area contributed by atoms with Crippen molar-refractivity contribution in [1.82, 2.24) is 9.13 Å². The number of carbonyl (C=O) groups excluding carboxylic acids is 1. The zero-order valence-electron chi connectivity index (χ0n) is 28.9. The fraction of sp³-hybridized carbons (Fsp3) is 0.410. The highest BCUT2D eigenvalue weighted by molar-refractivity contribution is 5.95. The first-order chi connectivity index (χ1) is 25.2. The molecule has 0 bridgehead atoms. The standard InChI is InChI=1S/C39H42N2O11/c1-39(2)51-34-30(50-37(35(34)52-39)40-19-18-31(43)41(38(40)45)36(44)27-16-10-5-11-17-27)24-47-32-20-28(46-22-25-12-6-3-7-13-25)33(29(21-42)49-32)48-23-26-14-8-4-9-15-26/h3-19,28-30,32-35,37,42H,20-24H2,1-2H3/t28-,29-,30-,32+,33+,34?,35?,37-/m1/s1. The van der Waals surface area contributed by atoms with Crippen molar-refractivity contribution in [2.75, 3.05) is 13.2 Å². The minimum atomic E-state index is -1.04. The number of nitrogens with zero attached hydrogens (tertiary/aromatic N) is 2. The number of rotatable bonds is 12. The smallest absolute Gasteiger partial charge is 0.340 e. The van der Waals surface area contributed by atoms with Gasteiger partial charge in [0.15, 0.2) is 18.3 Å². The lowest BCUT2D eigenvalue weighted by molar-refractivity contribution is -0.283. The van der Waals surface area contributed by atoms with Crippen LogP contribution >= 0.6 is 0 Å². The van der Waals surface area contributed by atoms with Crippen LogP contribution in [-0.4, -0.2) is 82.1 Å². The van der Waals surface area contributed by atoms with Gasteiger partial charge in [-0.1, -0.05) is 78.9 Å². The fourth-order valence-corrected chi connectivity index (χ4v) is 6.87. The molecule has 0 saturated carbocycles. The Morgan fingerprint density at radius 3 is 2.06 bits per heavy atom. The first-order valence-electron chi connectivity index (χ1n) is 17.3. The van der Waals surface area contributed by atoms with E-state index in [0.29, 0.717) is 24.2 Å². The molecule has 3 aliphatic rings. The summed E-state index contributed by atoms with van der Waals surface area (Å²) in [6.45, 7) is 3.77. The van der Waals surface area contributed by atoms with Crippen LogP contribution in [0.25, 0.3) is 0 Å². The van der Waals surface area contributed by atoms with Gasteiger partial charge in [-0.2, -0.15) is 4.57 Å². The molecule has 4 aromatic rings. The van der Waals surface area contributed by atoms with Gasteiger partial charge in [-0.15, -0.1) is 0 Å². The van der Waals surface area contributed by atoms with E-state index in [1.807, 2.05) is 60.7 Å². The molecule has 3 aromatic carbocycles. The third kappa shape index (κ3) is 7.87. The SMILES string of the molecule is CC1(C)OC2C(O1)[C@@H](CO[C@@H]1C[C@@H](OCc3ccccc3)[C@H](OCc3ccccc3)[C@@H](CO)O1)O[C@H]2n1ccc(=O)n(C(=O)c2ccccc2)c1=O. The maximum absolute atomic E-state index is 13.7. The van der Waals surface area contributed by atoms with E-state index in [1.54, 1.807) is 32.0 Å². The zero-order valence-corrected chi connectivity index (χ0v) is 28.9. The molecular formula is C39H42N2O11. The van der Waals surface area contributed by atoms with Crippen molar-refractivity contribution < 1.29 is 43.1 Å². The molecular weight excluding hydrogens is 672 g/mol. The number of hydrogen-bond donors (Lipinski definition) is 1. The maximum Gasteiger partial charge on any atom is 0.340 e. The molecule has 7 rings (SSSR count). The molecule has 274 valence electrons. The van der Waals surface area contributed by atoms with E-state index in [-0.39, 0.29) is 18.8 Å². The van der Waals surface area contributed by atoms with Gasteiger partial charge in [-0.05, 0) is 37.1 Å². The van der Waals surface area contributed by atoms with E-state index < -0.39 is 72.1 Å². The van der Waals surface area contributed by atoms with Crippen molar-refractivity contribution in [3.63, 3.8) is 0 Å². The van der Waals surface area contributed by atoms with Gasteiger partial charge < -0.3 is 38.3 Å². The lowest BCUT2D eigenvalue weighted by atomic mass is 10.0. The summed E-state index contributed by atoms with van der Waals surface area (Å²) in [5.74, 6) is -1.78. The second-order valence-electron chi connectivity index (χ2n) is 13.4. The molecule has 0 aliphatic carbocycles. The average Bonchev–Trinajstić information content (AvgIpc) is 3.65. The van der Waals surface area contributed by atoms with Gasteiger partial charge in [0.2, 0.25) is 0 Å². The monoisotopic (exact) mass is 714 g/mol. The van der Waals surface area contributed by atoms with Gasteiger partial charge in [0, 0.05) is 24.2 Å². The van der Waals surface area contributed by atoms with Gasteiger partial charge in [0.25, 0.3) is 11.5 Å². The number of benzene rings is 3. The third-order valence-electron chi connectivity index (χ3n) is 9.34. The first-order valence-corrected chi connectivity index (χ1v) is 17.3. The molecule has 13 nitrogen and oxygen atoms in total. The van der Waals surface area contributed by atoms with Crippen LogP contribution in [0.3, 0.4) is 0 Å². The first kappa shape index (κ1) is 36.1. The van der Waals surface area contributed by atoms with Crippen molar-refractivity contribution in [2.24, 2.45) is 0 Å². The molecule has 3 saturated heterocycles. The van der Waals surface area contributed by atoms with Crippen molar-refractivity contribution in [3.8, 4) is 0 Å². The Bertz CT molecular complexity index is 1920. The normalized spacial score (nSPS) is 28.1. The lowest BCUT2D eigenvalue weighted by Crippen LogP contribution is -2.53. The van der Waals surface area contributed by atoms with Crippen LogP contribution in [0.1, 0.15) is 48.0 Å². The van der Waals surface area contributed by atoms with E-state index in [4.69, 9.17) is 33.2 Å². The van der Waals surface area contributed by atoms with Gasteiger partial charge in [0.05, 0.1) is 32.5 Å². The highest BCUT2D eigenvalue weighted by atomic mass is 16.8. The Balaban J connectivity index is 1.08. The maximum atomic E-state index is 13.7. The second kappa shape index (κ2) is 15.7. The Morgan fingerprint density at radius 1 is 0.788 bits per heavy atom. The molecule has 0 spiro atoms. The van der Waals surface area contributed by atoms with Crippen LogP contribution in [0.4, 0.5) is 0 Å². The fourth-order valence-electron chi connectivity index (χ4n) is 6.87. The highest BCUT2D eigenvalue weighted by Crippen LogP contribution is 2.43. The van der Waals surface area contributed by atoms with Crippen molar-refractivity contribution in [2.45, 2.75) is 88.4 Å². The summed E-state index contributed by atoms with van der Waals surface area (Å²) in [5, 5.41) is 10.4. The second-order valence-corrected chi connectivity index (χ2v) is 13.4. The quantitative estimate of drug-likeness (QED) is 0.231. The van der Waals surface area contributed by atoms with E-state index in [9.17, 15) is 19.5 Å². The summed E-state index contributed by atoms with van der Waals surface area (Å²) in [6, 6.07) is 28.7. The molecule has 0 amide bonds. The molecule has 4 heterocycles. The van der Waals surface area contributed by atoms with Gasteiger partial charge in [-0.3, -0.25) is 14.2 Å². The predicted octanol–water partition coefficient (Wildman–Crippen LogP) is 3.41. The van der Waals surface area contributed by atoms with Crippen molar-refractivity contribution >= 4 is 5.91 Å². The van der Waals surface area contributed by atoms with Crippen LogP contribution in [0.5, 0.6) is 0 Å². The van der Waals surface area contributed by atoms with Crippen molar-refractivity contribution in [3.05, 3.63) is 141 Å². The molecule has 0 radical (unpaired) electrons. The van der Waals surface area contributed by atoms with Gasteiger partial charge in [-0.25, -0.2) is 4.79 Å². The molecule has 2 unspecified atom stereocenters. The van der Waals surface area contributed by atoms with Gasteiger partial charge >= 0.3 is 5.69 Å². The van der Waals surface area contributed by atoms with Crippen LogP contribution < -0.4 is 11.2 Å². The third-order valence-corrected chi connectivity index (χ3v) is 9.34. The van der Waals surface area contributed by atoms with Crippen molar-refractivity contribution in [1.29, 1.82) is 0 Å². The Kier molecular flexibility index (Phi) is 10.9. The lowest BCUT2D eigenvalue weighted by Gasteiger charge is -2.41. The summed E-state index contributed by atoms with van der Waals surface area (Å²) >= 11 is 0. The summed E-state index contributed by atoms with van der Waals surface area (Å²) in [5.41, 5.74) is 0.503. The largest absolute Gasteiger partial charge is 0.394 e. The summed E-state index contributed by atoms with van der Waals surface area (Å²) in [7, 11) is 0. The number of ether oxygens (including phenoxy) is 7. The molecule has 8 atom stereocenters. The van der Waals surface area contributed by atoms with Crippen LogP contribution in [0.15, 0.2) is 113 Å². The summed E-state index contributed by atoms with van der Waals surface area (Å²) in [6.07, 6.45) is -4.26. The van der Waals surface area contributed by atoms with Crippen LogP contribution in [0.2, 0.25) is 0 Å². The van der Waals surface area contributed by atoms with E-state index in [0.717, 1.165) is 17.2 Å². The molecule has 13 heteroatoms. The van der Waals surface area contributed by atoms with E-state index in [1.165, 1.54) is 22.9 Å². The Morgan fingerprint density at radius 2 is 1.40 bits per heavy atom. The highest BCUT2D eigenvalue weighted by Gasteiger charge is 2.56. The zero-order chi connectivity index (χ0) is 36.2. The Hall–Kier alpha value is -4.31. The molecule has 3 aliphatic heterocycles. The van der Waals surface area contributed by atoms with E-state index >= 15 is 0 Å². The number of carbonyl (C=O) groups is 1. The summed E-state index contributed by atoms with van der Waals surface area (Å²) < 4.78 is 45.8. The molecule has 1 aromatic heterocycles. The number of fused-ring (bicyclic) bond motifs is 1. The molecule has 52 heavy (non-hydrogen) atoms. The minimum Gasteiger partial charge on any atom is -0.394 e. The topological polar surface area (TPSA) is 146 Å². The Labute approximate surface area is 300 Å². The number of hydrogen-bond acceptors (Lipinski definition) is 11. The molecule has 1 N–H and O–H groups in total. The van der Waals surface area contributed by atoms with Gasteiger partial charge in [0.1, 0.15) is 30.5 Å². The minimum absolute atomic E-state index is 0.0296. The number of aliphatic hydroxyl groups excluding tert-OH is 1. The number of aromatic nitrogens is 2. The molecule has 3 fully saturated rings. The van der Waals surface area contributed by atoms with Crippen LogP contribution in [-0.2, 0) is 46.4 Å². The van der Waals surface area contributed by atoms with E-state index in [2.05, 4.69) is 0 Å².